The van der Waals surface area contributed by atoms with Crippen molar-refractivity contribution in [3.63, 3.8) is 0 Å². The van der Waals surface area contributed by atoms with E-state index in [9.17, 15) is 28.9 Å². The molecule has 0 heterocycles. The van der Waals surface area contributed by atoms with Gasteiger partial charge in [-0.3, -0.25) is 23.4 Å². The van der Waals surface area contributed by atoms with Gasteiger partial charge in [-0.2, -0.15) is 0 Å². The number of rotatable bonds is 51. The minimum absolute atomic E-state index is 0.0580. The zero-order valence-electron chi connectivity index (χ0n) is 43.6. The predicted octanol–water partition coefficient (Wildman–Crippen LogP) is 15.8. The van der Waals surface area contributed by atoms with Crippen LogP contribution in [0.3, 0.4) is 0 Å². The maximum absolute atomic E-state index is 12.9. The summed E-state index contributed by atoms with van der Waals surface area (Å²) in [5, 5.41) is 9.76. The second-order valence-corrected chi connectivity index (χ2v) is 19.8. The second-order valence-electron chi connectivity index (χ2n) is 18.4. The van der Waals surface area contributed by atoms with Crippen LogP contribution in [0.15, 0.2) is 48.6 Å². The summed E-state index contributed by atoms with van der Waals surface area (Å²) in [6, 6.07) is 0. The summed E-state index contributed by atoms with van der Waals surface area (Å²) >= 11 is 0. The molecular formula is C56H101O11P. The van der Waals surface area contributed by atoms with E-state index in [0.29, 0.717) is 19.3 Å². The predicted molar refractivity (Wildman–Crippen MR) is 279 cm³/mol. The van der Waals surface area contributed by atoms with Gasteiger partial charge in [0.05, 0.1) is 19.8 Å². The number of phosphoric ester groups is 1. The van der Waals surface area contributed by atoms with Crippen LogP contribution < -0.4 is 0 Å². The summed E-state index contributed by atoms with van der Waals surface area (Å²) in [5.41, 5.74) is 0. The van der Waals surface area contributed by atoms with E-state index in [4.69, 9.17) is 23.3 Å². The monoisotopic (exact) mass is 981 g/mol. The zero-order valence-corrected chi connectivity index (χ0v) is 44.5. The second kappa shape index (κ2) is 50.8. The Morgan fingerprint density at radius 1 is 0.426 bits per heavy atom. The van der Waals surface area contributed by atoms with Gasteiger partial charge in [-0.15, -0.1) is 0 Å². The van der Waals surface area contributed by atoms with Gasteiger partial charge in [0, 0.05) is 19.3 Å². The zero-order chi connectivity index (χ0) is 49.9. The molecule has 0 aromatic heterocycles. The van der Waals surface area contributed by atoms with Crippen molar-refractivity contribution >= 4 is 25.7 Å². The lowest BCUT2D eigenvalue weighted by molar-refractivity contribution is -0.161. The average Bonchev–Trinajstić information content (AvgIpc) is 3.32. The summed E-state index contributed by atoms with van der Waals surface area (Å²) < 4.78 is 39.3. The highest BCUT2D eigenvalue weighted by Crippen LogP contribution is 2.43. The molecule has 0 amide bonds. The molecular weight excluding hydrogens is 880 g/mol. The quantitative estimate of drug-likeness (QED) is 0.0197. The molecule has 0 radical (unpaired) electrons. The SMILES string of the molecule is CC/C=C\C/C=C\C/C=C\C/C=C\CCC(=O)OC(CO)COP(=O)(O)OCC(COC(=O)CCCCCCCCCCCCC)OC(=O)CCCCCCCCCCCCCCCCCCC. The molecule has 0 saturated heterocycles. The van der Waals surface area contributed by atoms with Crippen LogP contribution in [0.4, 0.5) is 0 Å². The van der Waals surface area contributed by atoms with Gasteiger partial charge < -0.3 is 24.2 Å². The first-order chi connectivity index (χ1) is 33.2. The molecule has 3 unspecified atom stereocenters. The third kappa shape index (κ3) is 48.5. The fraction of sp³-hybridized carbons (Fsp3) is 0.804. The summed E-state index contributed by atoms with van der Waals surface area (Å²) in [6.45, 7) is 4.46. The Balaban J connectivity index is 4.74. The Bertz CT molecular complexity index is 1330. The first-order valence-electron chi connectivity index (χ1n) is 27.5. The van der Waals surface area contributed by atoms with Crippen molar-refractivity contribution in [1.29, 1.82) is 0 Å². The van der Waals surface area contributed by atoms with Gasteiger partial charge in [0.25, 0.3) is 0 Å². The third-order valence-corrected chi connectivity index (χ3v) is 12.7. The molecule has 0 aromatic carbocycles. The van der Waals surface area contributed by atoms with Gasteiger partial charge in [-0.05, 0) is 44.9 Å². The summed E-state index contributed by atoms with van der Waals surface area (Å²) in [5.74, 6) is -1.54. The van der Waals surface area contributed by atoms with Gasteiger partial charge >= 0.3 is 25.7 Å². The molecule has 11 nitrogen and oxygen atoms in total. The van der Waals surface area contributed by atoms with Gasteiger partial charge in [0.2, 0.25) is 0 Å². The van der Waals surface area contributed by atoms with E-state index in [1.165, 1.54) is 128 Å². The lowest BCUT2D eigenvalue weighted by Gasteiger charge is -2.21. The number of aliphatic hydroxyl groups excluding tert-OH is 1. The molecule has 3 atom stereocenters. The van der Waals surface area contributed by atoms with Gasteiger partial charge in [0.15, 0.2) is 6.10 Å². The number of allylic oxidation sites excluding steroid dienone is 8. The number of carbonyl (C=O) groups is 3. The Kier molecular flexibility index (Phi) is 48.9. The van der Waals surface area contributed by atoms with E-state index in [0.717, 1.165) is 64.2 Å². The number of hydrogen-bond acceptors (Lipinski definition) is 10. The minimum atomic E-state index is -4.75. The van der Waals surface area contributed by atoms with Crippen LogP contribution in [0, 0.1) is 0 Å². The van der Waals surface area contributed by atoms with Crippen molar-refractivity contribution in [2.75, 3.05) is 26.4 Å². The molecule has 0 saturated carbocycles. The minimum Gasteiger partial charge on any atom is -0.462 e. The fourth-order valence-electron chi connectivity index (χ4n) is 7.61. The van der Waals surface area contributed by atoms with E-state index in [1.807, 2.05) is 12.2 Å². The van der Waals surface area contributed by atoms with Crippen molar-refractivity contribution in [2.45, 2.75) is 264 Å². The average molecular weight is 981 g/mol. The molecule has 0 bridgehead atoms. The lowest BCUT2D eigenvalue weighted by atomic mass is 10.0. The number of phosphoric acid groups is 1. The maximum atomic E-state index is 12.9. The first-order valence-corrected chi connectivity index (χ1v) is 29.0. The number of aliphatic hydroxyl groups is 1. The van der Waals surface area contributed by atoms with Gasteiger partial charge in [-0.1, -0.05) is 236 Å². The molecule has 0 aromatic rings. The van der Waals surface area contributed by atoms with Crippen LogP contribution >= 0.6 is 7.82 Å². The largest absolute Gasteiger partial charge is 0.472 e. The van der Waals surface area contributed by atoms with E-state index in [-0.39, 0.29) is 25.9 Å². The molecule has 0 aliphatic heterocycles. The Labute approximate surface area is 415 Å². The van der Waals surface area contributed by atoms with E-state index in [2.05, 4.69) is 57.2 Å². The third-order valence-electron chi connectivity index (χ3n) is 11.8. The van der Waals surface area contributed by atoms with Gasteiger partial charge in [0.1, 0.15) is 12.7 Å². The van der Waals surface area contributed by atoms with E-state index >= 15 is 0 Å². The number of hydrogen-bond donors (Lipinski definition) is 2. The highest BCUT2D eigenvalue weighted by molar-refractivity contribution is 7.47. The summed E-state index contributed by atoms with van der Waals surface area (Å²) in [4.78, 5) is 48.3. The molecule has 396 valence electrons. The van der Waals surface area contributed by atoms with Crippen LogP contribution in [-0.2, 0) is 42.2 Å². The fourth-order valence-corrected chi connectivity index (χ4v) is 8.39. The molecule has 0 spiro atoms. The van der Waals surface area contributed by atoms with E-state index < -0.39 is 57.8 Å². The molecule has 2 N–H and O–H groups in total. The highest BCUT2D eigenvalue weighted by atomic mass is 31.2. The van der Waals surface area contributed by atoms with Crippen LogP contribution in [0.1, 0.15) is 252 Å². The Morgan fingerprint density at radius 2 is 0.765 bits per heavy atom. The Morgan fingerprint density at radius 3 is 1.18 bits per heavy atom. The standard InChI is InChI=1S/C56H101O11P/c1-4-7-10-13-16-19-22-24-25-26-27-29-32-35-38-41-44-47-56(60)67-53(49-63-54(58)45-42-39-36-33-30-21-18-15-12-9-6-3)51-65-68(61,62)64-50-52(48-57)66-55(59)46-43-40-37-34-31-28-23-20-17-14-11-8-5-2/h8,11,17,20,28,31,37,40,52-53,57H,4-7,9-10,12-16,18-19,21-27,29-30,32-36,38-39,41-51H2,1-3H3,(H,61,62)/b11-8-,20-17-,31-28-,40-37-. The van der Waals surface area contributed by atoms with Crippen LogP contribution in [0.2, 0.25) is 0 Å². The van der Waals surface area contributed by atoms with Crippen molar-refractivity contribution in [2.24, 2.45) is 0 Å². The molecule has 68 heavy (non-hydrogen) atoms. The molecule has 0 aliphatic carbocycles. The van der Waals surface area contributed by atoms with Crippen molar-refractivity contribution in [3.8, 4) is 0 Å². The summed E-state index contributed by atoms with van der Waals surface area (Å²) in [7, 11) is -4.75. The van der Waals surface area contributed by atoms with Crippen molar-refractivity contribution < 1.29 is 52.2 Å². The number of unbranched alkanes of at least 4 members (excludes halogenated alkanes) is 26. The number of esters is 3. The smallest absolute Gasteiger partial charge is 0.462 e. The summed E-state index contributed by atoms with van der Waals surface area (Å²) in [6.07, 6.45) is 52.4. The number of ether oxygens (including phenoxy) is 3. The van der Waals surface area contributed by atoms with Crippen LogP contribution in [-0.4, -0.2) is 66.5 Å². The van der Waals surface area contributed by atoms with Crippen molar-refractivity contribution in [3.05, 3.63) is 48.6 Å². The number of carbonyl (C=O) groups excluding carboxylic acids is 3. The van der Waals surface area contributed by atoms with Crippen LogP contribution in [0.5, 0.6) is 0 Å². The highest BCUT2D eigenvalue weighted by Gasteiger charge is 2.28. The normalized spacial score (nSPS) is 13.8. The Hall–Kier alpha value is -2.56. The molecule has 0 rings (SSSR count). The molecule has 0 aliphatic rings. The maximum Gasteiger partial charge on any atom is 0.472 e. The van der Waals surface area contributed by atoms with Gasteiger partial charge in [-0.25, -0.2) is 4.57 Å². The lowest BCUT2D eigenvalue weighted by Crippen LogP contribution is -2.30. The first kappa shape index (κ1) is 65.4. The van der Waals surface area contributed by atoms with Crippen molar-refractivity contribution in [1.82, 2.24) is 0 Å². The van der Waals surface area contributed by atoms with Crippen LogP contribution in [0.25, 0.3) is 0 Å². The topological polar surface area (TPSA) is 155 Å². The molecule has 12 heteroatoms. The van der Waals surface area contributed by atoms with E-state index in [1.54, 1.807) is 0 Å². The molecule has 0 fully saturated rings.